The number of amides is 1. The van der Waals surface area contributed by atoms with E-state index >= 15 is 0 Å². The van der Waals surface area contributed by atoms with E-state index in [4.69, 9.17) is 5.73 Å². The fraction of sp³-hybridized carbons (Fsp3) is 0.462. The minimum atomic E-state index is -3.46. The van der Waals surface area contributed by atoms with Gasteiger partial charge in [-0.2, -0.15) is 0 Å². The van der Waals surface area contributed by atoms with E-state index in [1.807, 2.05) is 13.0 Å². The predicted molar refractivity (Wildman–Crippen MR) is 78.3 cm³/mol. The second-order valence-electron chi connectivity index (χ2n) is 4.33. The molecule has 4 N–H and O–H groups in total. The number of sulfonamides is 1. The van der Waals surface area contributed by atoms with E-state index in [1.54, 1.807) is 18.2 Å². The summed E-state index contributed by atoms with van der Waals surface area (Å²) in [6.45, 7) is 2.74. The Balaban J connectivity index is 2.55. The first-order valence-electron chi connectivity index (χ1n) is 6.49. The summed E-state index contributed by atoms with van der Waals surface area (Å²) >= 11 is 0. The van der Waals surface area contributed by atoms with Crippen molar-refractivity contribution >= 4 is 15.9 Å². The second-order valence-corrected chi connectivity index (χ2v) is 6.14. The summed E-state index contributed by atoms with van der Waals surface area (Å²) in [5.41, 5.74) is 7.06. The third-order valence-corrected chi connectivity index (χ3v) is 4.07. The Bertz CT molecular complexity index is 544. The minimum Gasteiger partial charge on any atom is -0.356 e. The van der Waals surface area contributed by atoms with Crippen LogP contribution >= 0.6 is 0 Å². The first kappa shape index (κ1) is 16.6. The molecular formula is C13H21N3O3S. The van der Waals surface area contributed by atoms with Crippen LogP contribution in [-0.2, 0) is 27.1 Å². The number of hydrogen-bond donors (Lipinski definition) is 3. The molecule has 0 atom stereocenters. The summed E-state index contributed by atoms with van der Waals surface area (Å²) in [6.07, 6.45) is 0.131. The highest BCUT2D eigenvalue weighted by atomic mass is 32.2. The Morgan fingerprint density at radius 1 is 1.25 bits per heavy atom. The average Bonchev–Trinajstić information content (AvgIpc) is 2.39. The summed E-state index contributed by atoms with van der Waals surface area (Å²) < 4.78 is 26.3. The van der Waals surface area contributed by atoms with Gasteiger partial charge in [0, 0.05) is 26.1 Å². The molecule has 0 saturated carbocycles. The van der Waals surface area contributed by atoms with Crippen LogP contribution in [0.2, 0.25) is 0 Å². The van der Waals surface area contributed by atoms with Crippen molar-refractivity contribution in [2.24, 2.45) is 5.73 Å². The number of hydrogen-bond acceptors (Lipinski definition) is 4. The number of nitrogens with one attached hydrogen (secondary N) is 2. The molecule has 0 aliphatic carbocycles. The number of nitrogens with two attached hydrogens (primary N) is 1. The molecular weight excluding hydrogens is 278 g/mol. The van der Waals surface area contributed by atoms with Crippen molar-refractivity contribution in [2.75, 3.05) is 13.1 Å². The van der Waals surface area contributed by atoms with Gasteiger partial charge in [-0.25, -0.2) is 13.1 Å². The zero-order valence-electron chi connectivity index (χ0n) is 11.6. The van der Waals surface area contributed by atoms with E-state index in [0.717, 1.165) is 5.56 Å². The molecule has 7 heteroatoms. The molecule has 0 aliphatic rings. The van der Waals surface area contributed by atoms with Gasteiger partial charge in [0.25, 0.3) is 0 Å². The molecule has 1 aromatic rings. The zero-order valence-corrected chi connectivity index (χ0v) is 12.4. The zero-order chi connectivity index (χ0) is 15.0. The lowest BCUT2D eigenvalue weighted by atomic mass is 10.1. The van der Waals surface area contributed by atoms with Gasteiger partial charge in [-0.15, -0.1) is 0 Å². The van der Waals surface area contributed by atoms with Crippen molar-refractivity contribution in [3.63, 3.8) is 0 Å². The molecule has 0 aromatic heterocycles. The van der Waals surface area contributed by atoms with Gasteiger partial charge in [-0.05, 0) is 18.1 Å². The van der Waals surface area contributed by atoms with Crippen molar-refractivity contribution < 1.29 is 13.2 Å². The van der Waals surface area contributed by atoms with Gasteiger partial charge in [-0.3, -0.25) is 4.79 Å². The third-order valence-electron chi connectivity index (χ3n) is 2.73. The Morgan fingerprint density at radius 3 is 2.50 bits per heavy atom. The van der Waals surface area contributed by atoms with E-state index in [-0.39, 0.29) is 24.6 Å². The number of carbonyl (C=O) groups excluding carboxylic acids is 1. The van der Waals surface area contributed by atoms with Crippen LogP contribution in [0.5, 0.6) is 0 Å². The fourth-order valence-corrected chi connectivity index (χ4v) is 2.96. The fourth-order valence-electron chi connectivity index (χ4n) is 1.76. The first-order valence-corrected chi connectivity index (χ1v) is 8.14. The number of carbonyl (C=O) groups is 1. The smallest absolute Gasteiger partial charge is 0.221 e. The van der Waals surface area contributed by atoms with Crippen LogP contribution in [0.25, 0.3) is 0 Å². The lowest BCUT2D eigenvalue weighted by Crippen LogP contribution is -2.31. The highest BCUT2D eigenvalue weighted by Gasteiger charge is 2.13. The number of benzene rings is 1. The van der Waals surface area contributed by atoms with Gasteiger partial charge in [0.15, 0.2) is 0 Å². The summed E-state index contributed by atoms with van der Waals surface area (Å²) in [4.78, 5) is 11.2. The normalized spacial score (nSPS) is 11.3. The molecule has 6 nitrogen and oxygen atoms in total. The van der Waals surface area contributed by atoms with Crippen molar-refractivity contribution in [3.05, 3.63) is 35.4 Å². The molecule has 0 radical (unpaired) electrons. The van der Waals surface area contributed by atoms with E-state index in [0.29, 0.717) is 18.7 Å². The summed E-state index contributed by atoms with van der Waals surface area (Å²) in [5, 5.41) is 2.61. The Morgan fingerprint density at radius 2 is 1.90 bits per heavy atom. The lowest BCUT2D eigenvalue weighted by molar-refractivity contribution is -0.120. The molecule has 0 spiro atoms. The van der Waals surface area contributed by atoms with Crippen molar-refractivity contribution in [1.29, 1.82) is 0 Å². The van der Waals surface area contributed by atoms with E-state index in [2.05, 4.69) is 10.0 Å². The molecule has 20 heavy (non-hydrogen) atoms. The average molecular weight is 299 g/mol. The van der Waals surface area contributed by atoms with E-state index < -0.39 is 10.0 Å². The Hall–Kier alpha value is -1.44. The third kappa shape index (κ3) is 5.68. The maximum atomic E-state index is 11.9. The standard InChI is InChI=1S/C13H21N3O3S/c1-2-15-13(17)7-8-16-20(18,19)10-12-6-4-3-5-11(12)9-14/h3-6,16H,2,7-10,14H2,1H3,(H,15,17). The van der Waals surface area contributed by atoms with Crippen LogP contribution in [0.3, 0.4) is 0 Å². The predicted octanol–water partition coefficient (Wildman–Crippen LogP) is 0.0909. The van der Waals surface area contributed by atoms with Crippen molar-refractivity contribution in [1.82, 2.24) is 10.0 Å². The Labute approximate surface area is 119 Å². The van der Waals surface area contributed by atoms with Crippen LogP contribution in [0.15, 0.2) is 24.3 Å². The van der Waals surface area contributed by atoms with Gasteiger partial charge in [0.1, 0.15) is 0 Å². The van der Waals surface area contributed by atoms with Crippen molar-refractivity contribution in [3.8, 4) is 0 Å². The molecule has 0 saturated heterocycles. The molecule has 1 amide bonds. The SMILES string of the molecule is CCNC(=O)CCNS(=O)(=O)Cc1ccccc1CN. The molecule has 0 heterocycles. The van der Waals surface area contributed by atoms with Gasteiger partial charge < -0.3 is 11.1 Å². The Kier molecular flexibility index (Phi) is 6.63. The number of rotatable bonds is 8. The highest BCUT2D eigenvalue weighted by molar-refractivity contribution is 7.88. The van der Waals surface area contributed by atoms with Gasteiger partial charge in [0.2, 0.25) is 15.9 Å². The van der Waals surface area contributed by atoms with Gasteiger partial charge in [-0.1, -0.05) is 24.3 Å². The maximum absolute atomic E-state index is 11.9. The molecule has 0 unspecified atom stereocenters. The van der Waals surface area contributed by atoms with Crippen LogP contribution in [-0.4, -0.2) is 27.4 Å². The second kappa shape index (κ2) is 7.98. The lowest BCUT2D eigenvalue weighted by Gasteiger charge is -2.09. The van der Waals surface area contributed by atoms with E-state index in [1.165, 1.54) is 0 Å². The highest BCUT2D eigenvalue weighted by Crippen LogP contribution is 2.11. The molecule has 0 fully saturated rings. The minimum absolute atomic E-state index is 0.0962. The van der Waals surface area contributed by atoms with Crippen LogP contribution in [0.4, 0.5) is 0 Å². The molecule has 0 bridgehead atoms. The quantitative estimate of drug-likeness (QED) is 0.633. The van der Waals surface area contributed by atoms with Crippen LogP contribution in [0.1, 0.15) is 24.5 Å². The summed E-state index contributed by atoms with van der Waals surface area (Å²) in [5.74, 6) is -0.298. The van der Waals surface area contributed by atoms with E-state index in [9.17, 15) is 13.2 Å². The monoisotopic (exact) mass is 299 g/mol. The summed E-state index contributed by atoms with van der Waals surface area (Å²) in [6, 6.07) is 7.14. The topological polar surface area (TPSA) is 101 Å². The largest absolute Gasteiger partial charge is 0.356 e. The molecule has 1 rings (SSSR count). The van der Waals surface area contributed by atoms with Crippen LogP contribution < -0.4 is 15.8 Å². The summed E-state index contributed by atoms with van der Waals surface area (Å²) in [7, 11) is -3.46. The first-order chi connectivity index (χ1) is 9.48. The van der Waals surface area contributed by atoms with Crippen LogP contribution in [0, 0.1) is 0 Å². The van der Waals surface area contributed by atoms with Gasteiger partial charge in [0.05, 0.1) is 5.75 Å². The molecule has 112 valence electrons. The molecule has 1 aromatic carbocycles. The van der Waals surface area contributed by atoms with Gasteiger partial charge >= 0.3 is 0 Å². The van der Waals surface area contributed by atoms with Crippen molar-refractivity contribution in [2.45, 2.75) is 25.6 Å². The maximum Gasteiger partial charge on any atom is 0.221 e. The molecule has 0 aliphatic heterocycles.